The van der Waals surface area contributed by atoms with Gasteiger partial charge in [-0.2, -0.15) is 0 Å². The summed E-state index contributed by atoms with van der Waals surface area (Å²) in [6.45, 7) is 5.04. The van der Waals surface area contributed by atoms with Crippen molar-refractivity contribution in [2.75, 3.05) is 13.2 Å². The predicted octanol–water partition coefficient (Wildman–Crippen LogP) is 2.57. The lowest BCUT2D eigenvalue weighted by Gasteiger charge is -2.11. The van der Waals surface area contributed by atoms with Crippen LogP contribution in [-0.4, -0.2) is 19.0 Å². The Kier molecular flexibility index (Phi) is 3.36. The van der Waals surface area contributed by atoms with Crippen LogP contribution in [-0.2, 0) is 9.47 Å². The molecule has 1 aromatic rings. The van der Waals surface area contributed by atoms with Gasteiger partial charge in [-0.25, -0.2) is 0 Å². The van der Waals surface area contributed by atoms with Gasteiger partial charge in [0.2, 0.25) is 0 Å². The van der Waals surface area contributed by atoms with Gasteiger partial charge in [0.05, 0.1) is 13.2 Å². The van der Waals surface area contributed by atoms with E-state index in [1.54, 1.807) is 0 Å². The normalized spacial score (nSPS) is 16.9. The summed E-state index contributed by atoms with van der Waals surface area (Å²) in [6, 6.07) is 7.49. The quantitative estimate of drug-likeness (QED) is 0.734. The minimum atomic E-state index is -0.306. The van der Waals surface area contributed by atoms with Gasteiger partial charge in [0.1, 0.15) is 0 Å². The van der Waals surface area contributed by atoms with E-state index in [1.807, 2.05) is 38.1 Å². The smallest absolute Gasteiger partial charge is 0.184 e. The van der Waals surface area contributed by atoms with Crippen LogP contribution in [0.5, 0.6) is 0 Å². The van der Waals surface area contributed by atoms with Gasteiger partial charge in [0, 0.05) is 17.0 Å². The zero-order chi connectivity index (χ0) is 11.5. The molecule has 1 saturated heterocycles. The summed E-state index contributed by atoms with van der Waals surface area (Å²) in [5.74, 6) is 0.167. The Labute approximate surface area is 95.4 Å². The molecule has 1 heterocycles. The highest BCUT2D eigenvalue weighted by Crippen LogP contribution is 2.24. The maximum Gasteiger partial charge on any atom is 0.184 e. The molecule has 0 N–H and O–H groups in total. The first-order valence-electron chi connectivity index (χ1n) is 5.56. The van der Waals surface area contributed by atoms with Gasteiger partial charge in [-0.15, -0.1) is 0 Å². The lowest BCUT2D eigenvalue weighted by atomic mass is 9.99. The average Bonchev–Trinajstić information content (AvgIpc) is 2.81. The Bertz CT molecular complexity index is 379. The Morgan fingerprint density at radius 2 is 2.00 bits per heavy atom. The van der Waals surface area contributed by atoms with Crippen molar-refractivity contribution in [2.45, 2.75) is 20.1 Å². The first-order valence-corrected chi connectivity index (χ1v) is 5.56. The van der Waals surface area contributed by atoms with Crippen molar-refractivity contribution < 1.29 is 14.3 Å². The molecule has 86 valence electrons. The first kappa shape index (κ1) is 11.3. The van der Waals surface area contributed by atoms with Gasteiger partial charge in [0.25, 0.3) is 0 Å². The molecule has 1 aliphatic rings. The molecule has 0 unspecified atom stereocenters. The van der Waals surface area contributed by atoms with Crippen LogP contribution in [0.1, 0.15) is 36.1 Å². The van der Waals surface area contributed by atoms with E-state index < -0.39 is 0 Å². The fourth-order valence-electron chi connectivity index (χ4n) is 1.72. The second-order valence-corrected chi connectivity index (χ2v) is 4.22. The van der Waals surface area contributed by atoms with E-state index in [0.717, 1.165) is 11.1 Å². The van der Waals surface area contributed by atoms with Gasteiger partial charge in [0.15, 0.2) is 12.1 Å². The highest BCUT2D eigenvalue weighted by Gasteiger charge is 2.19. The van der Waals surface area contributed by atoms with Crippen molar-refractivity contribution in [3.8, 4) is 0 Å². The SMILES string of the molecule is CC(C)C(=O)c1cccc(C2OCCO2)c1. The van der Waals surface area contributed by atoms with E-state index in [9.17, 15) is 4.79 Å². The van der Waals surface area contributed by atoms with E-state index in [2.05, 4.69) is 0 Å². The van der Waals surface area contributed by atoms with Crippen LogP contribution in [0.4, 0.5) is 0 Å². The average molecular weight is 220 g/mol. The van der Waals surface area contributed by atoms with Crippen LogP contribution in [0.25, 0.3) is 0 Å². The van der Waals surface area contributed by atoms with Crippen LogP contribution in [0, 0.1) is 5.92 Å². The van der Waals surface area contributed by atoms with Gasteiger partial charge < -0.3 is 9.47 Å². The van der Waals surface area contributed by atoms with Crippen LogP contribution in [0.3, 0.4) is 0 Å². The van der Waals surface area contributed by atoms with Gasteiger partial charge in [-0.1, -0.05) is 32.0 Å². The molecule has 3 nitrogen and oxygen atoms in total. The van der Waals surface area contributed by atoms with E-state index >= 15 is 0 Å². The first-order chi connectivity index (χ1) is 7.68. The molecule has 0 amide bonds. The van der Waals surface area contributed by atoms with Crippen LogP contribution >= 0.6 is 0 Å². The fraction of sp³-hybridized carbons (Fsp3) is 0.462. The molecular weight excluding hydrogens is 204 g/mol. The topological polar surface area (TPSA) is 35.5 Å². The Morgan fingerprint density at radius 3 is 2.62 bits per heavy atom. The van der Waals surface area contributed by atoms with Crippen LogP contribution in [0.15, 0.2) is 24.3 Å². The van der Waals surface area contributed by atoms with E-state index in [0.29, 0.717) is 13.2 Å². The zero-order valence-electron chi connectivity index (χ0n) is 9.60. The summed E-state index contributed by atoms with van der Waals surface area (Å²) in [6.07, 6.45) is -0.306. The molecule has 0 aromatic heterocycles. The second-order valence-electron chi connectivity index (χ2n) is 4.22. The monoisotopic (exact) mass is 220 g/mol. The third-order valence-corrected chi connectivity index (χ3v) is 2.59. The molecule has 0 saturated carbocycles. The molecule has 1 fully saturated rings. The summed E-state index contributed by atoms with van der Waals surface area (Å²) in [4.78, 5) is 11.8. The largest absolute Gasteiger partial charge is 0.346 e. The summed E-state index contributed by atoms with van der Waals surface area (Å²) in [7, 11) is 0. The highest BCUT2D eigenvalue weighted by atomic mass is 16.7. The molecule has 0 atom stereocenters. The fourth-order valence-corrected chi connectivity index (χ4v) is 1.72. The van der Waals surface area contributed by atoms with Gasteiger partial charge in [-0.05, 0) is 6.07 Å². The Balaban J connectivity index is 2.22. The summed E-state index contributed by atoms with van der Waals surface area (Å²) < 4.78 is 10.8. The Morgan fingerprint density at radius 1 is 1.31 bits per heavy atom. The minimum Gasteiger partial charge on any atom is -0.346 e. The van der Waals surface area contributed by atoms with Gasteiger partial charge >= 0.3 is 0 Å². The maximum absolute atomic E-state index is 11.8. The number of benzene rings is 1. The lowest BCUT2D eigenvalue weighted by molar-refractivity contribution is -0.0441. The number of carbonyl (C=O) groups is 1. The molecule has 0 radical (unpaired) electrons. The highest BCUT2D eigenvalue weighted by molar-refractivity contribution is 5.97. The lowest BCUT2D eigenvalue weighted by Crippen LogP contribution is -2.08. The number of Topliss-reactive ketones (excluding diaryl/α,β-unsaturated/α-hetero) is 1. The van der Waals surface area contributed by atoms with Crippen LogP contribution in [0.2, 0.25) is 0 Å². The molecule has 0 bridgehead atoms. The summed E-state index contributed by atoms with van der Waals surface area (Å²) in [5.41, 5.74) is 1.65. The molecule has 1 aromatic carbocycles. The Hall–Kier alpha value is -1.19. The molecule has 3 heteroatoms. The zero-order valence-corrected chi connectivity index (χ0v) is 9.60. The van der Waals surface area contributed by atoms with E-state index in [-0.39, 0.29) is 18.0 Å². The number of rotatable bonds is 3. The molecule has 0 spiro atoms. The summed E-state index contributed by atoms with van der Waals surface area (Å²) >= 11 is 0. The molecule has 0 aliphatic carbocycles. The number of hydrogen-bond acceptors (Lipinski definition) is 3. The number of ketones is 1. The van der Waals surface area contributed by atoms with E-state index in [1.165, 1.54) is 0 Å². The second kappa shape index (κ2) is 4.76. The van der Waals surface area contributed by atoms with Crippen molar-refractivity contribution >= 4 is 5.78 Å². The molecule has 1 aliphatic heterocycles. The number of ether oxygens (including phenoxy) is 2. The van der Waals surface area contributed by atoms with Gasteiger partial charge in [-0.3, -0.25) is 4.79 Å². The molecular formula is C13H16O3. The van der Waals surface area contributed by atoms with Crippen LogP contribution < -0.4 is 0 Å². The van der Waals surface area contributed by atoms with Crippen molar-refractivity contribution in [1.82, 2.24) is 0 Å². The molecule has 2 rings (SSSR count). The number of carbonyl (C=O) groups excluding carboxylic acids is 1. The predicted molar refractivity (Wildman–Crippen MR) is 60.3 cm³/mol. The maximum atomic E-state index is 11.8. The summed E-state index contributed by atoms with van der Waals surface area (Å²) in [5, 5.41) is 0. The van der Waals surface area contributed by atoms with Crippen molar-refractivity contribution in [2.24, 2.45) is 5.92 Å². The third kappa shape index (κ3) is 2.31. The van der Waals surface area contributed by atoms with E-state index in [4.69, 9.17) is 9.47 Å². The standard InChI is InChI=1S/C13H16O3/c1-9(2)12(14)10-4-3-5-11(8-10)13-15-6-7-16-13/h3-5,8-9,13H,6-7H2,1-2H3. The minimum absolute atomic E-state index is 0.0145. The third-order valence-electron chi connectivity index (χ3n) is 2.59. The van der Waals surface area contributed by atoms with Crippen molar-refractivity contribution in [3.63, 3.8) is 0 Å². The molecule has 16 heavy (non-hydrogen) atoms. The number of hydrogen-bond donors (Lipinski definition) is 0. The van der Waals surface area contributed by atoms with Crippen molar-refractivity contribution in [3.05, 3.63) is 35.4 Å². The van der Waals surface area contributed by atoms with Crippen molar-refractivity contribution in [1.29, 1.82) is 0 Å².